The number of hydrogen-bond donors (Lipinski definition) is 2. The lowest BCUT2D eigenvalue weighted by atomic mass is 9.49. The van der Waals surface area contributed by atoms with Gasteiger partial charge in [-0.25, -0.2) is 18.9 Å². The summed E-state index contributed by atoms with van der Waals surface area (Å²) in [6, 6.07) is 1.33. The van der Waals surface area contributed by atoms with Gasteiger partial charge in [-0.1, -0.05) is 6.58 Å². The second kappa shape index (κ2) is 6.19. The molecule has 10 heteroatoms. The number of pyridine rings is 1. The SMILES string of the molecule is C=C1N(C)c2cnc(Nc3cn4ncnc4cc3F)nc2N1C12CC3CC(CC(N)(C3)C1)C2. The smallest absolute Gasteiger partial charge is 0.229 e. The highest BCUT2D eigenvalue weighted by molar-refractivity contribution is 5.80. The van der Waals surface area contributed by atoms with E-state index in [1.54, 1.807) is 12.4 Å². The van der Waals surface area contributed by atoms with Crippen LogP contribution < -0.4 is 20.9 Å². The van der Waals surface area contributed by atoms with Gasteiger partial charge in [0, 0.05) is 18.7 Å². The second-order valence-corrected chi connectivity index (χ2v) is 10.5. The average molecular weight is 448 g/mol. The van der Waals surface area contributed by atoms with Crippen molar-refractivity contribution in [2.45, 2.75) is 49.6 Å². The van der Waals surface area contributed by atoms with Crippen molar-refractivity contribution in [3.63, 3.8) is 0 Å². The summed E-state index contributed by atoms with van der Waals surface area (Å²) in [7, 11) is 1.99. The van der Waals surface area contributed by atoms with Crippen LogP contribution in [0.2, 0.25) is 0 Å². The van der Waals surface area contributed by atoms with Crippen LogP contribution in [0.5, 0.6) is 0 Å². The number of anilines is 4. The van der Waals surface area contributed by atoms with E-state index >= 15 is 0 Å². The van der Waals surface area contributed by atoms with E-state index in [0.29, 0.717) is 23.4 Å². The van der Waals surface area contributed by atoms with Crippen LogP contribution in [0.3, 0.4) is 0 Å². The minimum atomic E-state index is -0.441. The molecule has 0 spiro atoms. The van der Waals surface area contributed by atoms with Crippen molar-refractivity contribution in [1.82, 2.24) is 24.6 Å². The quantitative estimate of drug-likeness (QED) is 0.632. The minimum absolute atomic E-state index is 0.0774. The molecule has 2 atom stereocenters. The van der Waals surface area contributed by atoms with Crippen LogP contribution in [-0.4, -0.2) is 42.7 Å². The first-order chi connectivity index (χ1) is 15.8. The predicted octanol–water partition coefficient (Wildman–Crippen LogP) is 3.18. The van der Waals surface area contributed by atoms with Gasteiger partial charge in [-0.05, 0) is 50.4 Å². The van der Waals surface area contributed by atoms with Crippen molar-refractivity contribution in [3.05, 3.63) is 43.0 Å². The third kappa shape index (κ3) is 2.67. The summed E-state index contributed by atoms with van der Waals surface area (Å²) in [6.45, 7) is 4.41. The Bertz CT molecular complexity index is 1300. The van der Waals surface area contributed by atoms with E-state index in [1.807, 2.05) is 11.9 Å². The molecule has 3 aromatic heterocycles. The minimum Gasteiger partial charge on any atom is -0.327 e. The molecule has 0 amide bonds. The van der Waals surface area contributed by atoms with Crippen molar-refractivity contribution < 1.29 is 4.39 Å². The third-order valence-electron chi connectivity index (χ3n) is 8.13. The Morgan fingerprint density at radius 2 is 2.00 bits per heavy atom. The maximum absolute atomic E-state index is 14.7. The molecule has 4 bridgehead atoms. The van der Waals surface area contributed by atoms with E-state index in [9.17, 15) is 4.39 Å². The Hall–Kier alpha value is -3.27. The molecule has 4 aliphatic carbocycles. The van der Waals surface area contributed by atoms with E-state index in [0.717, 1.165) is 49.4 Å². The van der Waals surface area contributed by atoms with Gasteiger partial charge in [0.2, 0.25) is 5.95 Å². The van der Waals surface area contributed by atoms with E-state index < -0.39 is 5.82 Å². The summed E-state index contributed by atoms with van der Waals surface area (Å²) in [5.74, 6) is 2.91. The topological polar surface area (TPSA) is 100 Å². The summed E-state index contributed by atoms with van der Waals surface area (Å²) in [5.41, 5.74) is 8.29. The molecule has 9 nitrogen and oxygen atoms in total. The molecule has 4 heterocycles. The van der Waals surface area contributed by atoms with Gasteiger partial charge in [-0.15, -0.1) is 0 Å². The fourth-order valence-electron chi connectivity index (χ4n) is 7.33. The number of halogens is 1. The number of rotatable bonds is 3. The summed E-state index contributed by atoms with van der Waals surface area (Å²) < 4.78 is 16.2. The molecule has 4 saturated carbocycles. The lowest BCUT2D eigenvalue weighted by Crippen LogP contribution is -2.68. The molecule has 0 aromatic carbocycles. The normalized spacial score (nSPS) is 32.2. The molecule has 0 radical (unpaired) electrons. The highest BCUT2D eigenvalue weighted by Crippen LogP contribution is 2.61. The number of nitrogens with zero attached hydrogens (tertiary/aromatic N) is 7. The zero-order chi connectivity index (χ0) is 22.5. The summed E-state index contributed by atoms with van der Waals surface area (Å²) in [5, 5.41) is 7.11. The average Bonchev–Trinajstić information content (AvgIpc) is 3.28. The molecule has 3 aromatic rings. The summed E-state index contributed by atoms with van der Waals surface area (Å²) in [4.78, 5) is 17.7. The molecule has 170 valence electrons. The Kier molecular flexibility index (Phi) is 3.61. The van der Waals surface area contributed by atoms with Crippen molar-refractivity contribution in [1.29, 1.82) is 0 Å². The molecule has 2 unspecified atom stereocenters. The fourth-order valence-corrected chi connectivity index (χ4v) is 7.33. The molecule has 3 N–H and O–H groups in total. The molecule has 33 heavy (non-hydrogen) atoms. The van der Waals surface area contributed by atoms with Gasteiger partial charge < -0.3 is 20.9 Å². The zero-order valence-corrected chi connectivity index (χ0v) is 18.5. The lowest BCUT2D eigenvalue weighted by Gasteiger charge is -2.63. The van der Waals surface area contributed by atoms with Crippen molar-refractivity contribution in [3.8, 4) is 0 Å². The maximum atomic E-state index is 14.7. The van der Waals surface area contributed by atoms with Crippen LogP contribution in [-0.2, 0) is 0 Å². The van der Waals surface area contributed by atoms with Gasteiger partial charge >= 0.3 is 0 Å². The molecule has 1 aliphatic heterocycles. The first-order valence-corrected chi connectivity index (χ1v) is 11.5. The van der Waals surface area contributed by atoms with Gasteiger partial charge in [0.05, 0.1) is 23.6 Å². The molecule has 8 rings (SSSR count). The van der Waals surface area contributed by atoms with Crippen LogP contribution >= 0.6 is 0 Å². The van der Waals surface area contributed by atoms with Crippen molar-refractivity contribution >= 4 is 28.8 Å². The first-order valence-electron chi connectivity index (χ1n) is 11.5. The molecular weight excluding hydrogens is 421 g/mol. The largest absolute Gasteiger partial charge is 0.327 e. The Balaban J connectivity index is 1.29. The molecule has 4 fully saturated rings. The Morgan fingerprint density at radius 3 is 2.76 bits per heavy atom. The fraction of sp³-hybridized carbons (Fsp3) is 0.478. The number of nitrogens with one attached hydrogen (secondary N) is 1. The molecular formula is C23H26FN9. The second-order valence-electron chi connectivity index (χ2n) is 10.5. The van der Waals surface area contributed by atoms with Gasteiger partial charge in [0.25, 0.3) is 0 Å². The zero-order valence-electron chi connectivity index (χ0n) is 18.5. The monoisotopic (exact) mass is 447 g/mol. The standard InChI is InChI=1S/C23H26FN9/c1-13-31(2)18-9-26-21(29-17-10-32-19(4-16(17)24)27-12-28-32)30-20(18)33(13)23-7-14-3-15(8-23)6-22(25,5-14)11-23/h4,9-10,12,14-15H,1,3,5-8,11,25H2,2H3,(H,26,29,30). The first kappa shape index (κ1) is 19.2. The summed E-state index contributed by atoms with van der Waals surface area (Å²) in [6.07, 6.45) is 11.4. The van der Waals surface area contributed by atoms with E-state index in [2.05, 4.69) is 31.9 Å². The van der Waals surface area contributed by atoms with Crippen LogP contribution in [0, 0.1) is 17.7 Å². The van der Waals surface area contributed by atoms with Crippen LogP contribution in [0.25, 0.3) is 5.65 Å². The molecule has 0 saturated heterocycles. The van der Waals surface area contributed by atoms with Gasteiger partial charge in [0.15, 0.2) is 17.3 Å². The van der Waals surface area contributed by atoms with E-state index in [1.165, 1.54) is 23.3 Å². The highest BCUT2D eigenvalue weighted by atomic mass is 19.1. The third-order valence-corrected chi connectivity index (χ3v) is 8.13. The van der Waals surface area contributed by atoms with Gasteiger partial charge in [-0.2, -0.15) is 10.1 Å². The Labute approximate surface area is 190 Å². The lowest BCUT2D eigenvalue weighted by molar-refractivity contribution is -0.0185. The molecule has 5 aliphatic rings. The van der Waals surface area contributed by atoms with Gasteiger partial charge in [0.1, 0.15) is 17.8 Å². The van der Waals surface area contributed by atoms with Crippen LogP contribution in [0.15, 0.2) is 37.2 Å². The number of fused-ring (bicyclic) bond motifs is 2. The van der Waals surface area contributed by atoms with Crippen molar-refractivity contribution in [2.75, 3.05) is 22.2 Å². The number of aromatic nitrogens is 5. The maximum Gasteiger partial charge on any atom is 0.229 e. The Morgan fingerprint density at radius 1 is 1.21 bits per heavy atom. The summed E-state index contributed by atoms with van der Waals surface area (Å²) >= 11 is 0. The predicted molar refractivity (Wildman–Crippen MR) is 123 cm³/mol. The number of nitrogens with two attached hydrogens (primary N) is 1. The highest BCUT2D eigenvalue weighted by Gasteiger charge is 2.60. The van der Waals surface area contributed by atoms with Crippen LogP contribution in [0.4, 0.5) is 27.5 Å². The van der Waals surface area contributed by atoms with Crippen LogP contribution in [0.1, 0.15) is 38.5 Å². The van der Waals surface area contributed by atoms with Crippen molar-refractivity contribution in [2.24, 2.45) is 17.6 Å². The van der Waals surface area contributed by atoms with E-state index in [-0.39, 0.29) is 16.8 Å². The van der Waals surface area contributed by atoms with E-state index in [4.69, 9.17) is 10.7 Å². The number of hydrogen-bond acceptors (Lipinski definition) is 8. The van der Waals surface area contributed by atoms with Gasteiger partial charge in [-0.3, -0.25) is 0 Å².